The van der Waals surface area contributed by atoms with E-state index in [0.29, 0.717) is 17.8 Å². The molecule has 0 bridgehead atoms. The Morgan fingerprint density at radius 2 is 2.50 bits per heavy atom. The van der Waals surface area contributed by atoms with Crippen LogP contribution in [0.3, 0.4) is 0 Å². The van der Waals surface area contributed by atoms with Crippen LogP contribution in [0.2, 0.25) is 0 Å². The van der Waals surface area contributed by atoms with Crippen LogP contribution in [0, 0.1) is 0 Å². The van der Waals surface area contributed by atoms with Crippen molar-refractivity contribution >= 4 is 5.91 Å². The highest BCUT2D eigenvalue weighted by Crippen LogP contribution is 2.25. The second-order valence-electron chi connectivity index (χ2n) is 4.42. The second-order valence-corrected chi connectivity index (χ2v) is 4.42. The van der Waals surface area contributed by atoms with Crippen LogP contribution in [-0.4, -0.2) is 41.0 Å². The molecule has 2 unspecified atom stereocenters. The van der Waals surface area contributed by atoms with Crippen LogP contribution >= 0.6 is 0 Å². The third-order valence-electron chi connectivity index (χ3n) is 3.53. The summed E-state index contributed by atoms with van der Waals surface area (Å²) in [4.78, 5) is 17.9. The van der Waals surface area contributed by atoms with E-state index < -0.39 is 0 Å². The largest absolute Gasteiger partial charge is 0.438 e. The molecule has 1 aromatic heterocycles. The van der Waals surface area contributed by atoms with Crippen LogP contribution in [0.4, 0.5) is 0 Å². The van der Waals surface area contributed by atoms with Gasteiger partial charge in [0.2, 0.25) is 5.76 Å². The molecule has 2 aliphatic rings. The van der Waals surface area contributed by atoms with E-state index in [1.165, 1.54) is 19.0 Å². The first-order chi connectivity index (χ1) is 7.86. The van der Waals surface area contributed by atoms with Gasteiger partial charge in [0.15, 0.2) is 6.39 Å². The fourth-order valence-corrected chi connectivity index (χ4v) is 2.78. The van der Waals surface area contributed by atoms with Gasteiger partial charge in [-0.2, -0.15) is 0 Å². The van der Waals surface area contributed by atoms with Crippen molar-refractivity contribution in [2.24, 2.45) is 0 Å². The number of aromatic nitrogens is 1. The van der Waals surface area contributed by atoms with E-state index in [9.17, 15) is 4.79 Å². The minimum absolute atomic E-state index is 0.0177. The number of nitrogens with zero attached hydrogens (tertiary/aromatic N) is 2. The number of fused-ring (bicyclic) bond motifs is 1. The van der Waals surface area contributed by atoms with Gasteiger partial charge < -0.3 is 14.6 Å². The van der Waals surface area contributed by atoms with Gasteiger partial charge in [0.25, 0.3) is 5.91 Å². The van der Waals surface area contributed by atoms with Crippen molar-refractivity contribution in [3.05, 3.63) is 18.4 Å². The minimum Gasteiger partial charge on any atom is -0.438 e. The van der Waals surface area contributed by atoms with Crippen molar-refractivity contribution in [3.8, 4) is 0 Å². The summed E-state index contributed by atoms with van der Waals surface area (Å²) in [5, 5.41) is 3.45. The standard InChI is InChI=1S/C11H15N3O2/c15-11(10-6-12-7-16-10)14-5-1-2-8-9(14)3-4-13-8/h6-9,13H,1-5H2. The van der Waals surface area contributed by atoms with Gasteiger partial charge in [-0.3, -0.25) is 4.79 Å². The SMILES string of the molecule is O=C(c1cnco1)N1CCCC2NCCC21. The smallest absolute Gasteiger partial charge is 0.291 e. The summed E-state index contributed by atoms with van der Waals surface area (Å²) in [7, 11) is 0. The molecule has 0 spiro atoms. The summed E-state index contributed by atoms with van der Waals surface area (Å²) in [5.74, 6) is 0.337. The molecule has 0 aliphatic carbocycles. The highest BCUT2D eigenvalue weighted by atomic mass is 16.3. The molecule has 0 radical (unpaired) electrons. The third-order valence-corrected chi connectivity index (χ3v) is 3.53. The van der Waals surface area contributed by atoms with Crippen molar-refractivity contribution < 1.29 is 9.21 Å². The number of oxazole rings is 1. The van der Waals surface area contributed by atoms with E-state index in [-0.39, 0.29) is 5.91 Å². The molecule has 2 saturated heterocycles. The molecular weight excluding hydrogens is 206 g/mol. The van der Waals surface area contributed by atoms with Gasteiger partial charge in [-0.15, -0.1) is 0 Å². The van der Waals surface area contributed by atoms with Crippen molar-refractivity contribution in [3.63, 3.8) is 0 Å². The van der Waals surface area contributed by atoms with Crippen LogP contribution in [-0.2, 0) is 0 Å². The van der Waals surface area contributed by atoms with E-state index in [2.05, 4.69) is 10.3 Å². The van der Waals surface area contributed by atoms with Gasteiger partial charge in [-0.05, 0) is 25.8 Å². The Morgan fingerprint density at radius 1 is 1.56 bits per heavy atom. The maximum atomic E-state index is 12.2. The van der Waals surface area contributed by atoms with E-state index in [4.69, 9.17) is 4.42 Å². The van der Waals surface area contributed by atoms with Gasteiger partial charge in [-0.25, -0.2) is 4.98 Å². The minimum atomic E-state index is -0.0177. The van der Waals surface area contributed by atoms with E-state index >= 15 is 0 Å². The number of likely N-dealkylation sites (tertiary alicyclic amines) is 1. The molecule has 2 fully saturated rings. The predicted octanol–water partition coefficient (Wildman–Crippen LogP) is 0.641. The van der Waals surface area contributed by atoms with Crippen LogP contribution in [0.5, 0.6) is 0 Å². The average molecular weight is 221 g/mol. The van der Waals surface area contributed by atoms with Crippen molar-refractivity contribution in [2.75, 3.05) is 13.1 Å². The Morgan fingerprint density at radius 3 is 3.31 bits per heavy atom. The van der Waals surface area contributed by atoms with Gasteiger partial charge in [0.1, 0.15) is 0 Å². The molecule has 5 heteroatoms. The first-order valence-corrected chi connectivity index (χ1v) is 5.79. The molecule has 0 aromatic carbocycles. The van der Waals surface area contributed by atoms with Gasteiger partial charge >= 0.3 is 0 Å². The van der Waals surface area contributed by atoms with Gasteiger partial charge in [0.05, 0.1) is 6.20 Å². The summed E-state index contributed by atoms with van der Waals surface area (Å²) in [6.07, 6.45) is 6.08. The lowest BCUT2D eigenvalue weighted by atomic mass is 9.97. The number of piperidine rings is 1. The quantitative estimate of drug-likeness (QED) is 0.756. The summed E-state index contributed by atoms with van der Waals surface area (Å²) >= 11 is 0. The molecule has 2 atom stereocenters. The van der Waals surface area contributed by atoms with E-state index in [1.54, 1.807) is 0 Å². The Kier molecular flexibility index (Phi) is 2.40. The zero-order valence-electron chi connectivity index (χ0n) is 9.06. The maximum absolute atomic E-state index is 12.2. The van der Waals surface area contributed by atoms with Crippen LogP contribution in [0.1, 0.15) is 29.8 Å². The zero-order valence-corrected chi connectivity index (χ0v) is 9.06. The summed E-state index contributed by atoms with van der Waals surface area (Å²) in [6, 6.07) is 0.812. The molecule has 1 N–H and O–H groups in total. The molecule has 3 rings (SSSR count). The van der Waals surface area contributed by atoms with E-state index in [1.807, 2.05) is 4.90 Å². The Bertz CT molecular complexity index is 377. The first kappa shape index (κ1) is 9.84. The van der Waals surface area contributed by atoms with E-state index in [0.717, 1.165) is 25.9 Å². The fraction of sp³-hybridized carbons (Fsp3) is 0.636. The number of nitrogens with one attached hydrogen (secondary N) is 1. The Hall–Kier alpha value is -1.36. The lowest BCUT2D eigenvalue weighted by Crippen LogP contribution is -2.50. The highest BCUT2D eigenvalue weighted by Gasteiger charge is 2.38. The number of hydrogen-bond donors (Lipinski definition) is 1. The summed E-state index contributed by atoms with van der Waals surface area (Å²) in [5.41, 5.74) is 0. The number of hydrogen-bond acceptors (Lipinski definition) is 4. The fourth-order valence-electron chi connectivity index (χ4n) is 2.78. The topological polar surface area (TPSA) is 58.4 Å². The highest BCUT2D eigenvalue weighted by molar-refractivity contribution is 5.91. The molecule has 0 saturated carbocycles. The molecule has 3 heterocycles. The summed E-state index contributed by atoms with van der Waals surface area (Å²) in [6.45, 7) is 1.85. The van der Waals surface area contributed by atoms with Crippen molar-refractivity contribution in [1.82, 2.24) is 15.2 Å². The normalized spacial score (nSPS) is 29.1. The average Bonchev–Trinajstić information content (AvgIpc) is 2.98. The Balaban J connectivity index is 1.80. The maximum Gasteiger partial charge on any atom is 0.291 e. The lowest BCUT2D eigenvalue weighted by molar-refractivity contribution is 0.0568. The monoisotopic (exact) mass is 221 g/mol. The van der Waals surface area contributed by atoms with Crippen molar-refractivity contribution in [2.45, 2.75) is 31.3 Å². The molecule has 5 nitrogen and oxygen atoms in total. The first-order valence-electron chi connectivity index (χ1n) is 5.79. The van der Waals surface area contributed by atoms with Crippen LogP contribution < -0.4 is 5.32 Å². The van der Waals surface area contributed by atoms with Crippen LogP contribution in [0.25, 0.3) is 0 Å². The Labute approximate surface area is 93.8 Å². The number of rotatable bonds is 1. The predicted molar refractivity (Wildman–Crippen MR) is 57.0 cm³/mol. The van der Waals surface area contributed by atoms with Gasteiger partial charge in [-0.1, -0.05) is 0 Å². The second kappa shape index (κ2) is 3.90. The number of carbonyl (C=O) groups is 1. The number of carbonyl (C=O) groups excluding carboxylic acids is 1. The number of amides is 1. The third kappa shape index (κ3) is 1.51. The van der Waals surface area contributed by atoms with Crippen LogP contribution in [0.15, 0.2) is 17.0 Å². The zero-order chi connectivity index (χ0) is 11.0. The molecule has 16 heavy (non-hydrogen) atoms. The molecule has 1 amide bonds. The lowest BCUT2D eigenvalue weighted by Gasteiger charge is -2.36. The molecule has 2 aliphatic heterocycles. The molecule has 1 aromatic rings. The van der Waals surface area contributed by atoms with Crippen molar-refractivity contribution in [1.29, 1.82) is 0 Å². The van der Waals surface area contributed by atoms with Gasteiger partial charge in [0, 0.05) is 18.6 Å². The molecular formula is C11H15N3O2. The summed E-state index contributed by atoms with van der Waals surface area (Å²) < 4.78 is 5.07. The molecule has 86 valence electrons.